The number of H-pyrrole nitrogens is 1. The van der Waals surface area contributed by atoms with Gasteiger partial charge in [-0.3, -0.25) is 9.59 Å². The minimum absolute atomic E-state index is 0.186. The summed E-state index contributed by atoms with van der Waals surface area (Å²) >= 11 is 0.872. The van der Waals surface area contributed by atoms with Crippen molar-refractivity contribution < 1.29 is 4.79 Å². The number of hydrogen-bond donors (Lipinski definition) is 2. The highest BCUT2D eigenvalue weighted by Crippen LogP contribution is 2.08. The smallest absolute Gasteiger partial charge is 0.324 e. The summed E-state index contributed by atoms with van der Waals surface area (Å²) in [4.78, 5) is 24.3. The number of nitrogens with zero attached hydrogens (tertiary/aromatic N) is 4. The molecule has 8 nitrogen and oxygen atoms in total. The third-order valence-electron chi connectivity index (χ3n) is 4.33. The predicted molar refractivity (Wildman–Crippen MR) is 119 cm³/mol. The molecule has 2 heterocycles. The van der Waals surface area contributed by atoms with E-state index in [4.69, 9.17) is 0 Å². The van der Waals surface area contributed by atoms with Crippen molar-refractivity contribution in [3.63, 3.8) is 0 Å². The van der Waals surface area contributed by atoms with Gasteiger partial charge in [0, 0.05) is 18.8 Å². The third kappa shape index (κ3) is 8.39. The molecule has 2 N–H and O–H groups in total. The van der Waals surface area contributed by atoms with Crippen molar-refractivity contribution in [1.82, 2.24) is 15.1 Å². The van der Waals surface area contributed by atoms with Gasteiger partial charge < -0.3 is 10.2 Å². The Balaban J connectivity index is 0.000000212. The van der Waals surface area contributed by atoms with E-state index in [1.165, 1.54) is 12.8 Å². The van der Waals surface area contributed by atoms with Gasteiger partial charge in [-0.2, -0.15) is 5.10 Å². The number of aromatic nitrogens is 2. The van der Waals surface area contributed by atoms with Gasteiger partial charge in [0.15, 0.2) is 0 Å². The summed E-state index contributed by atoms with van der Waals surface area (Å²) in [5.74, 6) is 0.874. The van der Waals surface area contributed by atoms with Gasteiger partial charge in [0.1, 0.15) is 5.84 Å². The second-order valence-electron chi connectivity index (χ2n) is 6.66. The molecule has 0 spiro atoms. The van der Waals surface area contributed by atoms with Crippen LogP contribution in [0, 0.1) is 0 Å². The fourth-order valence-corrected chi connectivity index (χ4v) is 3.08. The minimum Gasteiger partial charge on any atom is -0.359 e. The Labute approximate surface area is 174 Å². The number of rotatable bonds is 5. The Morgan fingerprint density at radius 3 is 2.48 bits per heavy atom. The van der Waals surface area contributed by atoms with E-state index in [0.29, 0.717) is 5.13 Å². The zero-order valence-electron chi connectivity index (χ0n) is 17.1. The van der Waals surface area contributed by atoms with Crippen LogP contribution in [0.3, 0.4) is 0 Å². The average molecular weight is 417 g/mol. The molecule has 9 heteroatoms. The van der Waals surface area contributed by atoms with Crippen molar-refractivity contribution in [3.8, 4) is 0 Å². The maximum absolute atomic E-state index is 11.5. The molecule has 0 saturated carbocycles. The van der Waals surface area contributed by atoms with Crippen LogP contribution in [0.25, 0.3) is 0 Å². The largest absolute Gasteiger partial charge is 0.359 e. The van der Waals surface area contributed by atoms with Crippen LogP contribution in [-0.4, -0.2) is 45.6 Å². The first-order chi connectivity index (χ1) is 14.0. The van der Waals surface area contributed by atoms with Crippen LogP contribution in [0.4, 0.5) is 5.13 Å². The SMILES string of the molecule is CC/C(C)=N\N=C(/C)N1CCCC1.O=C(Cc1ccccc1)Nc1n[nH]c(=O)s1. The molecule has 29 heavy (non-hydrogen) atoms. The van der Waals surface area contributed by atoms with Gasteiger partial charge in [0.2, 0.25) is 11.0 Å². The van der Waals surface area contributed by atoms with Gasteiger partial charge in [-0.15, -0.1) is 10.2 Å². The Morgan fingerprint density at radius 1 is 1.21 bits per heavy atom. The lowest BCUT2D eigenvalue weighted by Crippen LogP contribution is -2.24. The summed E-state index contributed by atoms with van der Waals surface area (Å²) in [6.07, 6.45) is 3.85. The second kappa shape index (κ2) is 11.9. The molecule has 1 fully saturated rings. The topological polar surface area (TPSA) is 103 Å². The summed E-state index contributed by atoms with van der Waals surface area (Å²) < 4.78 is 0. The molecule has 1 aromatic heterocycles. The fourth-order valence-electron chi connectivity index (χ4n) is 2.56. The predicted octanol–water partition coefficient (Wildman–Crippen LogP) is 3.30. The van der Waals surface area contributed by atoms with Crippen LogP contribution in [0.5, 0.6) is 0 Å². The Hall–Kier alpha value is -2.81. The summed E-state index contributed by atoms with van der Waals surface area (Å²) in [5, 5.41) is 17.1. The van der Waals surface area contributed by atoms with Crippen LogP contribution in [-0.2, 0) is 11.2 Å². The molecular formula is C20H28N6O2S. The molecule has 156 valence electrons. The molecule has 3 rings (SSSR count). The zero-order valence-corrected chi connectivity index (χ0v) is 18.0. The molecule has 1 aliphatic heterocycles. The highest BCUT2D eigenvalue weighted by molar-refractivity contribution is 7.13. The Bertz CT molecular complexity index is 882. The maximum Gasteiger partial charge on any atom is 0.324 e. The van der Waals surface area contributed by atoms with Crippen LogP contribution in [0.1, 0.15) is 45.6 Å². The molecule has 0 unspecified atom stereocenters. The summed E-state index contributed by atoms with van der Waals surface area (Å²) in [6, 6.07) is 9.37. The van der Waals surface area contributed by atoms with Crippen molar-refractivity contribution >= 4 is 33.9 Å². The molecule has 0 bridgehead atoms. The highest BCUT2D eigenvalue weighted by atomic mass is 32.1. The molecule has 1 saturated heterocycles. The van der Waals surface area contributed by atoms with Crippen molar-refractivity contribution in [2.75, 3.05) is 18.4 Å². The lowest BCUT2D eigenvalue weighted by atomic mass is 10.1. The zero-order chi connectivity index (χ0) is 21.1. The third-order valence-corrected chi connectivity index (χ3v) is 5.00. The molecule has 0 radical (unpaired) electrons. The van der Waals surface area contributed by atoms with Gasteiger partial charge in [0.05, 0.1) is 6.42 Å². The lowest BCUT2D eigenvalue weighted by molar-refractivity contribution is -0.115. The van der Waals surface area contributed by atoms with Gasteiger partial charge in [0.25, 0.3) is 0 Å². The standard InChI is InChI=1S/C10H9N3O2S.C10H19N3/c14-8(6-7-4-2-1-3-5-7)11-9-12-13-10(15)16-9;1-4-9(2)11-12-10(3)13-7-5-6-8-13/h1-5H,6H2,(H,13,15)(H,11,12,14);4-8H2,1-3H3/b;11-9-,12-10+. The van der Waals surface area contributed by atoms with E-state index >= 15 is 0 Å². The van der Waals surface area contributed by atoms with E-state index < -0.39 is 0 Å². The van der Waals surface area contributed by atoms with E-state index in [0.717, 1.165) is 48.0 Å². The number of carbonyl (C=O) groups is 1. The summed E-state index contributed by atoms with van der Waals surface area (Å²) in [7, 11) is 0. The Kier molecular flexibility index (Phi) is 9.23. The van der Waals surface area contributed by atoms with Gasteiger partial charge in [-0.05, 0) is 50.0 Å². The summed E-state index contributed by atoms with van der Waals surface area (Å²) in [6.45, 7) is 8.45. The molecular weight excluding hydrogens is 388 g/mol. The van der Waals surface area contributed by atoms with Gasteiger partial charge in [-0.25, -0.2) is 5.10 Å². The number of amides is 1. The van der Waals surface area contributed by atoms with Gasteiger partial charge in [-0.1, -0.05) is 37.3 Å². The molecule has 1 aromatic carbocycles. The first-order valence-corrected chi connectivity index (χ1v) is 10.5. The number of nitrogens with one attached hydrogen (secondary N) is 2. The van der Waals surface area contributed by atoms with Crippen LogP contribution < -0.4 is 10.2 Å². The number of benzene rings is 1. The van der Waals surface area contributed by atoms with Crippen molar-refractivity contribution in [2.24, 2.45) is 10.2 Å². The second-order valence-corrected chi connectivity index (χ2v) is 7.62. The van der Waals surface area contributed by atoms with Crippen LogP contribution in [0.2, 0.25) is 0 Å². The minimum atomic E-state index is -0.282. The molecule has 0 atom stereocenters. The lowest BCUT2D eigenvalue weighted by Gasteiger charge is -2.14. The molecule has 1 aliphatic rings. The van der Waals surface area contributed by atoms with E-state index in [1.54, 1.807) is 0 Å². The average Bonchev–Trinajstić information content (AvgIpc) is 3.39. The van der Waals surface area contributed by atoms with Crippen molar-refractivity contribution in [3.05, 3.63) is 45.6 Å². The molecule has 0 aliphatic carbocycles. The van der Waals surface area contributed by atoms with E-state index in [-0.39, 0.29) is 17.2 Å². The fraction of sp³-hybridized carbons (Fsp3) is 0.450. The van der Waals surface area contributed by atoms with E-state index in [9.17, 15) is 9.59 Å². The van der Waals surface area contributed by atoms with Crippen molar-refractivity contribution in [1.29, 1.82) is 0 Å². The first-order valence-electron chi connectivity index (χ1n) is 9.70. The number of anilines is 1. The number of hydrogen-bond acceptors (Lipinski definition) is 6. The highest BCUT2D eigenvalue weighted by Gasteiger charge is 2.12. The number of amidine groups is 1. The molecule has 1 amide bonds. The number of aromatic amines is 1. The van der Waals surface area contributed by atoms with Crippen molar-refractivity contribution in [2.45, 2.75) is 46.5 Å². The molecule has 2 aromatic rings. The number of likely N-dealkylation sites (tertiary alicyclic amines) is 1. The summed E-state index contributed by atoms with van der Waals surface area (Å²) in [5.41, 5.74) is 2.02. The number of carbonyl (C=O) groups excluding carboxylic acids is 1. The Morgan fingerprint density at radius 2 is 1.90 bits per heavy atom. The van der Waals surface area contributed by atoms with E-state index in [2.05, 4.69) is 37.5 Å². The van der Waals surface area contributed by atoms with Crippen LogP contribution in [0.15, 0.2) is 45.3 Å². The van der Waals surface area contributed by atoms with E-state index in [1.807, 2.05) is 44.2 Å². The van der Waals surface area contributed by atoms with Gasteiger partial charge >= 0.3 is 4.87 Å². The maximum atomic E-state index is 11.5. The monoisotopic (exact) mass is 416 g/mol. The first kappa shape index (κ1) is 22.5. The normalized spacial score (nSPS) is 14.4. The quantitative estimate of drug-likeness (QED) is 0.443. The van der Waals surface area contributed by atoms with Crippen LogP contribution >= 0.6 is 11.3 Å².